The SMILES string of the molecule is C=C[C@H]1OC(C)(C)CC(=O)[C@@H]1O.C=C[C@H]1OC(C)(C)C[C@@]2(CO2)[C@@H]1O. The number of ketones is 1. The Hall–Kier alpha value is -1.05. The van der Waals surface area contributed by atoms with Crippen LogP contribution in [0.25, 0.3) is 0 Å². The van der Waals surface area contributed by atoms with Crippen molar-refractivity contribution >= 4 is 5.78 Å². The number of aliphatic hydroxyl groups excluding tert-OH is 2. The molecule has 0 aromatic rings. The van der Waals surface area contributed by atoms with Crippen molar-refractivity contribution < 1.29 is 29.2 Å². The van der Waals surface area contributed by atoms with Gasteiger partial charge in [0.1, 0.15) is 30.0 Å². The van der Waals surface area contributed by atoms with E-state index >= 15 is 0 Å². The third kappa shape index (κ3) is 4.57. The van der Waals surface area contributed by atoms with Crippen LogP contribution in [-0.4, -0.2) is 63.8 Å². The van der Waals surface area contributed by atoms with Gasteiger partial charge >= 0.3 is 0 Å². The highest BCUT2D eigenvalue weighted by Gasteiger charge is 2.60. The topological polar surface area (TPSA) is 88.5 Å². The van der Waals surface area contributed by atoms with Crippen molar-refractivity contribution in [1.82, 2.24) is 0 Å². The minimum absolute atomic E-state index is 0.170. The summed E-state index contributed by atoms with van der Waals surface area (Å²) in [4.78, 5) is 11.2. The maximum absolute atomic E-state index is 11.2. The molecule has 25 heavy (non-hydrogen) atoms. The Balaban J connectivity index is 0.000000181. The van der Waals surface area contributed by atoms with Crippen LogP contribution in [0, 0.1) is 0 Å². The van der Waals surface area contributed by atoms with Gasteiger partial charge in [0.2, 0.25) is 0 Å². The Morgan fingerprint density at radius 2 is 1.56 bits per heavy atom. The van der Waals surface area contributed by atoms with Crippen LogP contribution in [0.2, 0.25) is 0 Å². The van der Waals surface area contributed by atoms with Crippen molar-refractivity contribution in [1.29, 1.82) is 0 Å². The second-order valence-electron chi connectivity index (χ2n) is 8.22. The zero-order valence-electron chi connectivity index (χ0n) is 15.5. The minimum atomic E-state index is -1.03. The lowest BCUT2D eigenvalue weighted by molar-refractivity contribution is -0.171. The fraction of sp³-hybridized carbons (Fsp3) is 0.737. The van der Waals surface area contributed by atoms with Crippen molar-refractivity contribution in [3.8, 4) is 0 Å². The normalized spacial score (nSPS) is 41.4. The maximum atomic E-state index is 11.2. The maximum Gasteiger partial charge on any atom is 0.167 e. The fourth-order valence-corrected chi connectivity index (χ4v) is 3.50. The zero-order chi connectivity index (χ0) is 19.0. The van der Waals surface area contributed by atoms with Gasteiger partial charge in [0.15, 0.2) is 5.78 Å². The van der Waals surface area contributed by atoms with Gasteiger partial charge in [-0.05, 0) is 27.7 Å². The predicted octanol–water partition coefficient (Wildman–Crippen LogP) is 1.54. The molecule has 6 heteroatoms. The molecule has 0 saturated carbocycles. The Kier molecular flexibility index (Phi) is 5.62. The number of carbonyl (C=O) groups is 1. The summed E-state index contributed by atoms with van der Waals surface area (Å²) in [5.41, 5.74) is -1.05. The molecule has 0 amide bonds. The molecule has 2 N–H and O–H groups in total. The van der Waals surface area contributed by atoms with Crippen LogP contribution in [0.3, 0.4) is 0 Å². The number of aliphatic hydroxyl groups is 2. The van der Waals surface area contributed by atoms with E-state index in [-0.39, 0.29) is 29.5 Å². The summed E-state index contributed by atoms with van der Waals surface area (Å²) in [6, 6.07) is 0. The summed E-state index contributed by atoms with van der Waals surface area (Å²) < 4.78 is 16.4. The summed E-state index contributed by atoms with van der Waals surface area (Å²) in [6.45, 7) is 15.5. The minimum Gasteiger partial charge on any atom is -0.387 e. The second kappa shape index (κ2) is 6.93. The van der Waals surface area contributed by atoms with Gasteiger partial charge in [0, 0.05) is 12.8 Å². The third-order valence-electron chi connectivity index (χ3n) is 4.71. The highest BCUT2D eigenvalue weighted by Crippen LogP contribution is 2.46. The van der Waals surface area contributed by atoms with E-state index in [9.17, 15) is 15.0 Å². The van der Waals surface area contributed by atoms with E-state index in [0.717, 1.165) is 6.42 Å². The van der Waals surface area contributed by atoms with Gasteiger partial charge in [-0.3, -0.25) is 4.79 Å². The molecule has 3 aliphatic heterocycles. The summed E-state index contributed by atoms with van der Waals surface area (Å²) in [5.74, 6) is -0.170. The molecule has 0 aliphatic carbocycles. The number of carbonyl (C=O) groups excluding carboxylic acids is 1. The molecule has 142 valence electrons. The van der Waals surface area contributed by atoms with E-state index in [4.69, 9.17) is 14.2 Å². The Bertz CT molecular complexity index is 534. The zero-order valence-corrected chi connectivity index (χ0v) is 15.5. The van der Waals surface area contributed by atoms with Crippen LogP contribution in [-0.2, 0) is 19.0 Å². The molecule has 5 atom stereocenters. The third-order valence-corrected chi connectivity index (χ3v) is 4.71. The lowest BCUT2D eigenvalue weighted by atomic mass is 9.83. The Labute approximate surface area is 149 Å². The highest BCUT2D eigenvalue weighted by molar-refractivity contribution is 5.85. The molecule has 3 aliphatic rings. The number of ether oxygens (including phenoxy) is 3. The summed E-state index contributed by atoms with van der Waals surface area (Å²) in [6.07, 6.45) is 1.68. The van der Waals surface area contributed by atoms with Crippen LogP contribution in [0.5, 0.6) is 0 Å². The van der Waals surface area contributed by atoms with E-state index < -0.39 is 23.9 Å². The lowest BCUT2D eigenvalue weighted by Gasteiger charge is -2.41. The predicted molar refractivity (Wildman–Crippen MR) is 93.2 cm³/mol. The molecule has 0 aromatic heterocycles. The van der Waals surface area contributed by atoms with E-state index in [1.807, 2.05) is 27.7 Å². The summed E-state index contributed by atoms with van der Waals surface area (Å²) >= 11 is 0. The van der Waals surface area contributed by atoms with Crippen LogP contribution in [0.15, 0.2) is 25.3 Å². The van der Waals surface area contributed by atoms with Crippen molar-refractivity contribution in [3.05, 3.63) is 25.3 Å². The summed E-state index contributed by atoms with van der Waals surface area (Å²) in [5, 5.41) is 19.2. The van der Waals surface area contributed by atoms with Gasteiger partial charge in [-0.2, -0.15) is 0 Å². The largest absolute Gasteiger partial charge is 0.387 e. The molecule has 1 spiro atoms. The fourth-order valence-electron chi connectivity index (χ4n) is 3.50. The molecule has 3 heterocycles. The monoisotopic (exact) mass is 354 g/mol. The quantitative estimate of drug-likeness (QED) is 0.578. The number of rotatable bonds is 2. The van der Waals surface area contributed by atoms with Crippen LogP contribution < -0.4 is 0 Å². The average molecular weight is 354 g/mol. The highest BCUT2D eigenvalue weighted by atomic mass is 16.6. The first-order chi connectivity index (χ1) is 11.5. The first kappa shape index (κ1) is 20.3. The number of hydrogen-bond donors (Lipinski definition) is 2. The van der Waals surface area contributed by atoms with Crippen LogP contribution in [0.4, 0.5) is 0 Å². The standard InChI is InChI=1S/C10H16O3.C9H14O3/c1-4-7-8(11)10(6-12-10)5-9(2,3)13-7;1-4-7-8(11)6(10)5-9(2,3)12-7/h4,7-8,11H,1,5-6H2,2-3H3;4,7-8,11H,1,5H2,2-3H3/t7-,8-,10-;7-,8+/m11/s1. The van der Waals surface area contributed by atoms with Crippen LogP contribution in [0.1, 0.15) is 40.5 Å². The van der Waals surface area contributed by atoms with Gasteiger partial charge in [0.25, 0.3) is 0 Å². The number of epoxide rings is 1. The van der Waals surface area contributed by atoms with Crippen LogP contribution >= 0.6 is 0 Å². The molecule has 0 aromatic carbocycles. The smallest absolute Gasteiger partial charge is 0.167 e. The van der Waals surface area contributed by atoms with E-state index in [1.54, 1.807) is 6.08 Å². The van der Waals surface area contributed by atoms with Crippen molar-refractivity contribution in [2.45, 2.75) is 81.8 Å². The van der Waals surface area contributed by atoms with Gasteiger partial charge in [-0.25, -0.2) is 0 Å². The average Bonchev–Trinajstić information content (AvgIpc) is 3.26. The molecule has 3 fully saturated rings. The summed E-state index contributed by atoms with van der Waals surface area (Å²) in [7, 11) is 0. The van der Waals surface area contributed by atoms with Crippen molar-refractivity contribution in [2.75, 3.05) is 6.61 Å². The number of Topliss-reactive ketones (excluding diaryl/α,β-unsaturated/α-hetero) is 1. The van der Waals surface area contributed by atoms with E-state index in [1.165, 1.54) is 6.08 Å². The molecule has 0 radical (unpaired) electrons. The molecule has 0 unspecified atom stereocenters. The second-order valence-corrected chi connectivity index (χ2v) is 8.22. The first-order valence-corrected chi connectivity index (χ1v) is 8.59. The number of hydrogen-bond acceptors (Lipinski definition) is 6. The Morgan fingerprint density at radius 3 is 2.04 bits per heavy atom. The molecular weight excluding hydrogens is 324 g/mol. The van der Waals surface area contributed by atoms with E-state index in [0.29, 0.717) is 6.61 Å². The van der Waals surface area contributed by atoms with Gasteiger partial charge in [-0.15, -0.1) is 13.2 Å². The Morgan fingerprint density at radius 1 is 1.04 bits per heavy atom. The lowest BCUT2D eigenvalue weighted by Crippen LogP contribution is -2.53. The van der Waals surface area contributed by atoms with Crippen molar-refractivity contribution in [2.24, 2.45) is 0 Å². The molecule has 3 rings (SSSR count). The van der Waals surface area contributed by atoms with Gasteiger partial charge in [-0.1, -0.05) is 12.2 Å². The van der Waals surface area contributed by atoms with Gasteiger partial charge < -0.3 is 24.4 Å². The van der Waals surface area contributed by atoms with E-state index in [2.05, 4.69) is 13.2 Å². The first-order valence-electron chi connectivity index (χ1n) is 8.59. The molecule has 0 bridgehead atoms. The molecular formula is C19H30O6. The van der Waals surface area contributed by atoms with Gasteiger partial charge in [0.05, 0.1) is 17.8 Å². The van der Waals surface area contributed by atoms with Crippen molar-refractivity contribution in [3.63, 3.8) is 0 Å². The molecule has 3 saturated heterocycles. The molecule has 6 nitrogen and oxygen atoms in total.